The molecule has 2 heterocycles. The first-order chi connectivity index (χ1) is 13.3. The van der Waals surface area contributed by atoms with E-state index in [0.29, 0.717) is 16.7 Å². The smallest absolute Gasteiger partial charge is 0.335 e. The van der Waals surface area contributed by atoms with Gasteiger partial charge in [0, 0.05) is 17.6 Å². The lowest BCUT2D eigenvalue weighted by molar-refractivity contribution is -0.214. The molecule has 0 radical (unpaired) electrons. The molecule has 0 saturated carbocycles. The van der Waals surface area contributed by atoms with Gasteiger partial charge in [0.05, 0.1) is 19.3 Å². The molecular formula is C18H21N3O7. The number of benzene rings is 1. The van der Waals surface area contributed by atoms with E-state index in [2.05, 4.69) is 5.16 Å². The molecule has 0 bridgehead atoms. The summed E-state index contributed by atoms with van der Waals surface area (Å²) >= 11 is 0. The minimum atomic E-state index is -1.80. The molecule has 0 unspecified atom stereocenters. The summed E-state index contributed by atoms with van der Waals surface area (Å²) in [5.74, 6) is 0. The normalized spacial score (nSPS) is 14.9. The lowest BCUT2D eigenvalue weighted by Crippen LogP contribution is -2.43. The third kappa shape index (κ3) is 3.76. The van der Waals surface area contributed by atoms with Gasteiger partial charge in [-0.15, -0.1) is 0 Å². The van der Waals surface area contributed by atoms with Gasteiger partial charge in [-0.25, -0.2) is 4.79 Å². The van der Waals surface area contributed by atoms with Gasteiger partial charge in [-0.3, -0.25) is 13.9 Å². The fourth-order valence-electron chi connectivity index (χ4n) is 2.87. The predicted octanol–water partition coefficient (Wildman–Crippen LogP) is -0.285. The average Bonchev–Trinajstić information content (AvgIpc) is 3.07. The van der Waals surface area contributed by atoms with Crippen molar-refractivity contribution in [3.05, 3.63) is 62.6 Å². The molecule has 0 aliphatic rings. The van der Waals surface area contributed by atoms with Crippen LogP contribution < -0.4 is 11.2 Å². The molecule has 10 heteroatoms. The number of hydrogen-bond donors (Lipinski definition) is 3. The summed E-state index contributed by atoms with van der Waals surface area (Å²) < 4.78 is 12.0. The van der Waals surface area contributed by atoms with Crippen LogP contribution in [-0.4, -0.2) is 48.4 Å². The van der Waals surface area contributed by atoms with Crippen molar-refractivity contribution in [2.45, 2.75) is 39.0 Å². The molecule has 2 aromatic heterocycles. The lowest BCUT2D eigenvalue weighted by atomic mass is 10.1. The summed E-state index contributed by atoms with van der Waals surface area (Å²) in [6.45, 7) is 2.50. The molecule has 0 spiro atoms. The first kappa shape index (κ1) is 20.0. The number of nitrogens with zero attached hydrogens (tertiary/aromatic N) is 3. The van der Waals surface area contributed by atoms with Crippen LogP contribution in [0.1, 0.15) is 24.6 Å². The van der Waals surface area contributed by atoms with Crippen molar-refractivity contribution in [1.29, 1.82) is 0 Å². The molecule has 0 aliphatic carbocycles. The van der Waals surface area contributed by atoms with Gasteiger partial charge in [0.1, 0.15) is 11.8 Å². The number of aliphatic hydroxyl groups excluding tert-OH is 3. The van der Waals surface area contributed by atoms with Crippen LogP contribution in [0, 0.1) is 6.92 Å². The van der Waals surface area contributed by atoms with E-state index < -0.39 is 36.5 Å². The van der Waals surface area contributed by atoms with Gasteiger partial charge in [-0.05, 0) is 25.5 Å². The number of aryl methyl sites for hydroxylation is 1. The molecule has 10 nitrogen and oxygen atoms in total. The highest BCUT2D eigenvalue weighted by molar-refractivity contribution is 5.82. The van der Waals surface area contributed by atoms with Crippen molar-refractivity contribution < 1.29 is 24.6 Å². The fourth-order valence-corrected chi connectivity index (χ4v) is 2.87. The fraction of sp³-hybridized carbons (Fsp3) is 0.389. The third-order valence-electron chi connectivity index (χ3n) is 4.43. The maximum Gasteiger partial charge on any atom is 0.335 e. The van der Waals surface area contributed by atoms with Crippen LogP contribution in [0.15, 0.2) is 44.6 Å². The lowest BCUT2D eigenvalue weighted by Gasteiger charge is -2.23. The van der Waals surface area contributed by atoms with Crippen molar-refractivity contribution in [3.8, 4) is 0 Å². The average molecular weight is 391 g/mol. The summed E-state index contributed by atoms with van der Waals surface area (Å²) in [6, 6.07) is 6.49. The van der Waals surface area contributed by atoms with Crippen molar-refractivity contribution in [1.82, 2.24) is 14.3 Å². The van der Waals surface area contributed by atoms with Crippen molar-refractivity contribution in [3.63, 3.8) is 0 Å². The van der Waals surface area contributed by atoms with E-state index >= 15 is 0 Å². The van der Waals surface area contributed by atoms with E-state index in [1.807, 2.05) is 19.1 Å². The first-order valence-corrected chi connectivity index (χ1v) is 8.61. The van der Waals surface area contributed by atoms with Crippen LogP contribution in [0.25, 0.3) is 11.0 Å². The molecule has 0 saturated heterocycles. The molecular weight excluding hydrogens is 370 g/mol. The number of fused-ring (bicyclic) bond motifs is 1. The van der Waals surface area contributed by atoms with Gasteiger partial charge in [0.15, 0.2) is 5.58 Å². The molecule has 150 valence electrons. The van der Waals surface area contributed by atoms with Gasteiger partial charge >= 0.3 is 5.69 Å². The zero-order valence-corrected chi connectivity index (χ0v) is 15.3. The Bertz CT molecular complexity index is 1080. The Morgan fingerprint density at radius 3 is 2.68 bits per heavy atom. The Hall–Kier alpha value is -2.79. The van der Waals surface area contributed by atoms with E-state index in [9.17, 15) is 24.9 Å². The summed E-state index contributed by atoms with van der Waals surface area (Å²) in [6.07, 6.45) is -2.91. The summed E-state index contributed by atoms with van der Waals surface area (Å²) in [7, 11) is 0. The topological polar surface area (TPSA) is 140 Å². The third-order valence-corrected chi connectivity index (χ3v) is 4.43. The van der Waals surface area contributed by atoms with Crippen LogP contribution >= 0.6 is 0 Å². The highest BCUT2D eigenvalue weighted by Gasteiger charge is 2.22. The largest absolute Gasteiger partial charge is 0.394 e. The molecule has 3 rings (SSSR count). The van der Waals surface area contributed by atoms with E-state index in [1.54, 1.807) is 6.07 Å². The second-order valence-electron chi connectivity index (χ2n) is 6.43. The minimum Gasteiger partial charge on any atom is -0.394 e. The number of aliphatic hydroxyl groups is 3. The second kappa shape index (κ2) is 8.07. The second-order valence-corrected chi connectivity index (χ2v) is 6.43. The van der Waals surface area contributed by atoms with Gasteiger partial charge in [-0.1, -0.05) is 17.3 Å². The Balaban J connectivity index is 1.97. The Kier molecular flexibility index (Phi) is 5.75. The zero-order valence-electron chi connectivity index (χ0n) is 15.3. The standard InChI is InChI=1S/C18H21N3O7/c1-10-4-3-5-13-16(10)12(19-28-13)8-21-15(24)6-7-20(17(21)25)18(26)27-14(9-22)11(2)23/h3-7,11,14,18,22-23,26H,8-9H2,1-2H3/t11-,14-,18+/m1/s1. The van der Waals surface area contributed by atoms with Crippen molar-refractivity contribution in [2.24, 2.45) is 0 Å². The Morgan fingerprint density at radius 2 is 2.00 bits per heavy atom. The molecule has 0 fully saturated rings. The summed E-state index contributed by atoms with van der Waals surface area (Å²) in [5.41, 5.74) is 0.381. The molecule has 0 amide bonds. The number of rotatable bonds is 7. The van der Waals surface area contributed by atoms with Crippen molar-refractivity contribution >= 4 is 11.0 Å². The molecule has 3 aromatic rings. The Labute approximate surface area is 158 Å². The quantitative estimate of drug-likeness (QED) is 0.467. The predicted molar refractivity (Wildman–Crippen MR) is 97.7 cm³/mol. The van der Waals surface area contributed by atoms with Crippen LogP contribution in [0.2, 0.25) is 0 Å². The Morgan fingerprint density at radius 1 is 1.25 bits per heavy atom. The monoisotopic (exact) mass is 391 g/mol. The number of hydrogen-bond acceptors (Lipinski definition) is 8. The molecule has 3 N–H and O–H groups in total. The highest BCUT2D eigenvalue weighted by atomic mass is 16.6. The van der Waals surface area contributed by atoms with E-state index in [4.69, 9.17) is 9.26 Å². The minimum absolute atomic E-state index is 0.164. The first-order valence-electron chi connectivity index (χ1n) is 8.61. The van der Waals surface area contributed by atoms with Gasteiger partial charge in [-0.2, -0.15) is 0 Å². The maximum atomic E-state index is 12.7. The van der Waals surface area contributed by atoms with Gasteiger partial charge < -0.3 is 24.6 Å². The summed E-state index contributed by atoms with van der Waals surface area (Å²) in [4.78, 5) is 25.0. The van der Waals surface area contributed by atoms with Gasteiger partial charge in [0.2, 0.25) is 6.41 Å². The van der Waals surface area contributed by atoms with Gasteiger partial charge in [0.25, 0.3) is 5.56 Å². The summed E-state index contributed by atoms with van der Waals surface area (Å²) in [5, 5.41) is 33.5. The molecule has 3 atom stereocenters. The SMILES string of the molecule is Cc1cccc2onc(Cn3c(=O)ccn([C@@H](O)O[C@H](CO)[C@@H](C)O)c3=O)c12. The van der Waals surface area contributed by atoms with E-state index in [1.165, 1.54) is 6.92 Å². The van der Waals surface area contributed by atoms with E-state index in [-0.39, 0.29) is 6.54 Å². The number of ether oxygens (including phenoxy) is 1. The molecule has 0 aliphatic heterocycles. The highest BCUT2D eigenvalue weighted by Crippen LogP contribution is 2.22. The van der Waals surface area contributed by atoms with Crippen LogP contribution in [0.4, 0.5) is 0 Å². The van der Waals surface area contributed by atoms with Crippen LogP contribution in [0.3, 0.4) is 0 Å². The van der Waals surface area contributed by atoms with Crippen LogP contribution in [0.5, 0.6) is 0 Å². The zero-order chi connectivity index (χ0) is 20.4. The maximum absolute atomic E-state index is 12.7. The van der Waals surface area contributed by atoms with E-state index in [0.717, 1.165) is 27.0 Å². The van der Waals surface area contributed by atoms with Crippen molar-refractivity contribution in [2.75, 3.05) is 6.61 Å². The molecule has 1 aromatic carbocycles. The number of aromatic nitrogens is 3. The van der Waals surface area contributed by atoms with Crippen LogP contribution in [-0.2, 0) is 11.3 Å². The molecule has 28 heavy (non-hydrogen) atoms.